The quantitative estimate of drug-likeness (QED) is 0.733. The van der Waals surface area contributed by atoms with Crippen LogP contribution in [0.5, 0.6) is 17.2 Å². The number of aliphatic hydroxyl groups is 1. The number of rotatable bonds is 9. The smallest absolute Gasteiger partial charge is 0.164 e. The van der Waals surface area contributed by atoms with Crippen LogP contribution in [0.15, 0.2) is 12.1 Å². The fraction of sp³-hybridized carbons (Fsp3) is 0.571. The van der Waals surface area contributed by atoms with Crippen molar-refractivity contribution in [3.05, 3.63) is 17.7 Å². The summed E-state index contributed by atoms with van der Waals surface area (Å²) in [6, 6.07) is 3.52. The number of ether oxygens (including phenoxy) is 3. The Morgan fingerprint density at radius 2 is 1.86 bits per heavy atom. The molecule has 21 heavy (non-hydrogen) atoms. The monoisotopic (exact) mass is 318 g/mol. The number of methoxy groups -OCH3 is 2. The minimum Gasteiger partial charge on any atom is -0.497 e. The normalized spacial score (nSPS) is 11.2. The Hall–Kier alpha value is -1.47. The van der Waals surface area contributed by atoms with Crippen molar-refractivity contribution in [3.63, 3.8) is 0 Å². The molecule has 0 atom stereocenters. The van der Waals surface area contributed by atoms with Gasteiger partial charge in [0, 0.05) is 11.6 Å². The molecule has 0 fully saturated rings. The van der Waals surface area contributed by atoms with E-state index in [2.05, 4.69) is 0 Å². The Morgan fingerprint density at radius 3 is 2.38 bits per heavy atom. The van der Waals surface area contributed by atoms with Crippen molar-refractivity contribution in [3.8, 4) is 17.2 Å². The third-order valence-corrected chi connectivity index (χ3v) is 4.58. The molecule has 0 spiro atoms. The van der Waals surface area contributed by atoms with Gasteiger partial charge in [-0.2, -0.15) is 0 Å². The summed E-state index contributed by atoms with van der Waals surface area (Å²) in [4.78, 5) is 0. The van der Waals surface area contributed by atoms with Crippen LogP contribution in [0.2, 0.25) is 0 Å². The molecule has 1 aromatic rings. The van der Waals surface area contributed by atoms with E-state index in [0.717, 1.165) is 5.56 Å². The first-order valence-corrected chi connectivity index (χ1v) is 8.48. The van der Waals surface area contributed by atoms with Gasteiger partial charge in [0.2, 0.25) is 0 Å². The summed E-state index contributed by atoms with van der Waals surface area (Å²) in [5, 5.41) is 8.69. The Balaban J connectivity index is 2.87. The average molecular weight is 318 g/mol. The van der Waals surface area contributed by atoms with E-state index in [1.165, 1.54) is 7.11 Å². The molecule has 0 aliphatic carbocycles. The predicted octanol–water partition coefficient (Wildman–Crippen LogP) is 1.05. The van der Waals surface area contributed by atoms with Gasteiger partial charge in [-0.3, -0.25) is 0 Å². The maximum atomic E-state index is 11.5. The van der Waals surface area contributed by atoms with Crippen LogP contribution in [0, 0.1) is 0 Å². The lowest BCUT2D eigenvalue weighted by atomic mass is 10.1. The van der Waals surface area contributed by atoms with Crippen molar-refractivity contribution < 1.29 is 27.7 Å². The van der Waals surface area contributed by atoms with Crippen molar-refractivity contribution >= 4 is 9.84 Å². The maximum Gasteiger partial charge on any atom is 0.164 e. The van der Waals surface area contributed by atoms with Gasteiger partial charge in [-0.05, 0) is 12.5 Å². The van der Waals surface area contributed by atoms with Crippen LogP contribution in [0.1, 0.15) is 12.5 Å². The number of aryl methyl sites for hydroxylation is 1. The van der Waals surface area contributed by atoms with Crippen LogP contribution >= 0.6 is 0 Å². The second-order valence-corrected chi connectivity index (χ2v) is 6.70. The summed E-state index contributed by atoms with van der Waals surface area (Å²) in [6.07, 6.45) is 0.701. The highest BCUT2D eigenvalue weighted by molar-refractivity contribution is 7.91. The lowest BCUT2D eigenvalue weighted by Crippen LogP contribution is -2.19. The fourth-order valence-electron chi connectivity index (χ4n) is 1.84. The molecule has 120 valence electrons. The summed E-state index contributed by atoms with van der Waals surface area (Å²) in [5.41, 5.74) is 0.880. The van der Waals surface area contributed by atoms with Crippen LogP contribution in [-0.2, 0) is 16.3 Å². The molecule has 1 aromatic carbocycles. The molecule has 6 nitrogen and oxygen atoms in total. The highest BCUT2D eigenvalue weighted by Crippen LogP contribution is 2.36. The fourth-order valence-corrected chi connectivity index (χ4v) is 2.66. The zero-order chi connectivity index (χ0) is 15.9. The van der Waals surface area contributed by atoms with Crippen molar-refractivity contribution in [1.29, 1.82) is 0 Å². The Morgan fingerprint density at radius 1 is 1.14 bits per heavy atom. The number of benzene rings is 1. The number of aliphatic hydroxyl groups excluding tert-OH is 1. The number of hydrogen-bond donors (Lipinski definition) is 1. The second-order valence-electron chi connectivity index (χ2n) is 4.40. The lowest BCUT2D eigenvalue weighted by molar-refractivity contribution is 0.304. The summed E-state index contributed by atoms with van der Waals surface area (Å²) < 4.78 is 39.1. The molecule has 0 amide bonds. The van der Waals surface area contributed by atoms with E-state index in [9.17, 15) is 8.42 Å². The minimum atomic E-state index is -3.29. The van der Waals surface area contributed by atoms with Crippen molar-refractivity contribution in [1.82, 2.24) is 0 Å². The summed E-state index contributed by atoms with van der Waals surface area (Å²) >= 11 is 0. The molecular weight excluding hydrogens is 296 g/mol. The molecule has 0 aliphatic rings. The molecule has 0 radical (unpaired) electrons. The molecule has 0 aromatic heterocycles. The first-order chi connectivity index (χ1) is 9.97. The van der Waals surface area contributed by atoms with E-state index in [0.29, 0.717) is 23.7 Å². The molecule has 7 heteroatoms. The van der Waals surface area contributed by atoms with Gasteiger partial charge in [0.15, 0.2) is 21.3 Å². The van der Waals surface area contributed by atoms with E-state index < -0.39 is 9.84 Å². The Bertz CT molecular complexity index is 528. The predicted molar refractivity (Wildman–Crippen MR) is 80.2 cm³/mol. The van der Waals surface area contributed by atoms with Gasteiger partial charge in [0.1, 0.15) is 12.4 Å². The van der Waals surface area contributed by atoms with Gasteiger partial charge < -0.3 is 19.3 Å². The molecule has 0 heterocycles. The summed E-state index contributed by atoms with van der Waals surface area (Å²) in [5.74, 6) is 1.29. The van der Waals surface area contributed by atoms with Crippen LogP contribution < -0.4 is 14.2 Å². The highest BCUT2D eigenvalue weighted by Gasteiger charge is 2.15. The molecule has 0 aliphatic heterocycles. The zero-order valence-electron chi connectivity index (χ0n) is 12.6. The molecule has 0 saturated carbocycles. The Kier molecular flexibility index (Phi) is 6.77. The van der Waals surface area contributed by atoms with Gasteiger partial charge in [-0.15, -0.1) is 0 Å². The van der Waals surface area contributed by atoms with E-state index in [-0.39, 0.29) is 24.7 Å². The SMILES string of the molecule is CCc1cc(OC)cc(OC)c1OCCS(=O)(=O)CCO. The van der Waals surface area contributed by atoms with Gasteiger partial charge in [-0.1, -0.05) is 6.92 Å². The van der Waals surface area contributed by atoms with E-state index >= 15 is 0 Å². The number of hydrogen-bond acceptors (Lipinski definition) is 6. The minimum absolute atomic E-state index is 0.0119. The molecule has 0 bridgehead atoms. The molecule has 1 N–H and O–H groups in total. The topological polar surface area (TPSA) is 82.1 Å². The molecule has 1 rings (SSSR count). The highest BCUT2D eigenvalue weighted by atomic mass is 32.2. The van der Waals surface area contributed by atoms with Crippen molar-refractivity contribution in [2.24, 2.45) is 0 Å². The largest absolute Gasteiger partial charge is 0.497 e. The van der Waals surface area contributed by atoms with E-state index in [1.54, 1.807) is 13.2 Å². The second kappa shape index (κ2) is 8.09. The first-order valence-electron chi connectivity index (χ1n) is 6.66. The van der Waals surface area contributed by atoms with Crippen LogP contribution in [0.3, 0.4) is 0 Å². The van der Waals surface area contributed by atoms with Crippen LogP contribution in [0.4, 0.5) is 0 Å². The van der Waals surface area contributed by atoms with Crippen LogP contribution in [-0.4, -0.2) is 52.5 Å². The first kappa shape index (κ1) is 17.6. The van der Waals surface area contributed by atoms with Crippen molar-refractivity contribution in [2.45, 2.75) is 13.3 Å². The lowest BCUT2D eigenvalue weighted by Gasteiger charge is -2.16. The number of sulfone groups is 1. The third kappa shape index (κ3) is 5.09. The third-order valence-electron chi connectivity index (χ3n) is 2.98. The van der Waals surface area contributed by atoms with E-state index in [1.807, 2.05) is 13.0 Å². The average Bonchev–Trinajstić information content (AvgIpc) is 2.46. The molecule has 0 saturated heterocycles. The van der Waals surface area contributed by atoms with Crippen molar-refractivity contribution in [2.75, 3.05) is 38.9 Å². The van der Waals surface area contributed by atoms with Gasteiger partial charge in [0.25, 0.3) is 0 Å². The van der Waals surface area contributed by atoms with E-state index in [4.69, 9.17) is 19.3 Å². The summed E-state index contributed by atoms with van der Waals surface area (Å²) in [7, 11) is -0.211. The maximum absolute atomic E-state index is 11.5. The van der Waals surface area contributed by atoms with Gasteiger partial charge in [0.05, 0.1) is 32.3 Å². The van der Waals surface area contributed by atoms with Gasteiger partial charge >= 0.3 is 0 Å². The van der Waals surface area contributed by atoms with Crippen LogP contribution in [0.25, 0.3) is 0 Å². The molecule has 0 unspecified atom stereocenters. The van der Waals surface area contributed by atoms with Gasteiger partial charge in [-0.25, -0.2) is 8.42 Å². The summed E-state index contributed by atoms with van der Waals surface area (Å²) in [6.45, 7) is 1.59. The Labute approximate surface area is 125 Å². The molecular formula is C14H22O6S. The zero-order valence-corrected chi connectivity index (χ0v) is 13.4. The standard InChI is InChI=1S/C14H22O6S/c1-4-11-9-12(18-2)10-13(19-3)14(11)20-6-8-21(16,17)7-5-15/h9-10,15H,4-8H2,1-3H3.